The fourth-order valence-electron chi connectivity index (χ4n) is 2.62. The number of thiol groups is 1. The number of aromatic nitrogens is 1. The molecule has 7 heteroatoms. The van der Waals surface area contributed by atoms with Gasteiger partial charge in [-0.1, -0.05) is 26.8 Å². The molecule has 0 saturated carbocycles. The Morgan fingerprint density at radius 2 is 2.04 bits per heavy atom. The number of anilines is 1. The van der Waals surface area contributed by atoms with Crippen molar-refractivity contribution in [3.05, 3.63) is 47.4 Å². The Labute approximate surface area is 157 Å². The van der Waals surface area contributed by atoms with E-state index in [1.807, 2.05) is 19.9 Å². The first-order valence-electron chi connectivity index (χ1n) is 8.57. The third-order valence-corrected chi connectivity index (χ3v) is 4.45. The van der Waals surface area contributed by atoms with E-state index in [0.29, 0.717) is 28.9 Å². The average Bonchev–Trinajstić information content (AvgIpc) is 2.64. The van der Waals surface area contributed by atoms with E-state index in [2.05, 4.69) is 11.9 Å². The third-order valence-electron chi connectivity index (χ3n) is 3.99. The zero-order valence-corrected chi connectivity index (χ0v) is 16.1. The zero-order chi connectivity index (χ0) is 19.7. The van der Waals surface area contributed by atoms with Crippen LogP contribution < -0.4 is 5.73 Å². The molecule has 2 rings (SSSR count). The maximum absolute atomic E-state index is 13.9. The molecule has 1 heterocycles. The van der Waals surface area contributed by atoms with Gasteiger partial charge in [-0.05, 0) is 41.7 Å². The number of benzene rings is 1. The SMILES string of the molecule is CC.CCC(CC[SH+]O)c1cnc(N)c(-c2ccc(C(=O)O)c(F)c2)c1. The minimum absolute atomic E-state index is 0.222. The van der Waals surface area contributed by atoms with Gasteiger partial charge in [0.05, 0.1) is 5.56 Å². The molecule has 0 radical (unpaired) electrons. The van der Waals surface area contributed by atoms with Crippen molar-refractivity contribution in [1.82, 2.24) is 4.98 Å². The number of carboxylic acids is 1. The summed E-state index contributed by atoms with van der Waals surface area (Å²) in [5.74, 6) is -0.972. The van der Waals surface area contributed by atoms with Crippen molar-refractivity contribution in [1.29, 1.82) is 0 Å². The normalized spacial score (nSPS) is 11.4. The number of rotatable bonds is 7. The average molecular weight is 381 g/mol. The molecule has 0 aliphatic carbocycles. The highest BCUT2D eigenvalue weighted by Gasteiger charge is 2.16. The van der Waals surface area contributed by atoms with Gasteiger partial charge in [0.25, 0.3) is 0 Å². The Kier molecular flexibility index (Phi) is 9.09. The summed E-state index contributed by atoms with van der Waals surface area (Å²) in [6, 6.07) is 5.77. The van der Waals surface area contributed by atoms with E-state index in [-0.39, 0.29) is 17.3 Å². The number of halogens is 1. The number of aromatic carboxylic acids is 1. The molecule has 1 atom stereocenters. The largest absolute Gasteiger partial charge is 0.478 e. The van der Waals surface area contributed by atoms with Gasteiger partial charge in [0.2, 0.25) is 0 Å². The predicted octanol–water partition coefficient (Wildman–Crippen LogP) is 4.37. The summed E-state index contributed by atoms with van der Waals surface area (Å²) >= 11 is 0.355. The molecule has 0 saturated heterocycles. The second-order valence-electron chi connectivity index (χ2n) is 5.46. The summed E-state index contributed by atoms with van der Waals surface area (Å²) in [5, 5.41) is 8.91. The van der Waals surface area contributed by atoms with E-state index < -0.39 is 11.8 Å². The number of carboxylic acid groups (broad SMARTS) is 1. The maximum Gasteiger partial charge on any atom is 0.338 e. The molecule has 26 heavy (non-hydrogen) atoms. The van der Waals surface area contributed by atoms with Crippen LogP contribution >= 0.6 is 0 Å². The summed E-state index contributed by atoms with van der Waals surface area (Å²) < 4.78 is 22.9. The van der Waals surface area contributed by atoms with Gasteiger partial charge in [0.1, 0.15) is 29.4 Å². The highest BCUT2D eigenvalue weighted by molar-refractivity contribution is 7.72. The molecule has 142 valence electrons. The Hall–Kier alpha value is -2.12. The highest BCUT2D eigenvalue weighted by Crippen LogP contribution is 2.31. The zero-order valence-electron chi connectivity index (χ0n) is 15.2. The molecule has 0 aliphatic heterocycles. The lowest BCUT2D eigenvalue weighted by Crippen LogP contribution is -2.05. The summed E-state index contributed by atoms with van der Waals surface area (Å²) in [7, 11) is 0. The van der Waals surface area contributed by atoms with Crippen molar-refractivity contribution >= 4 is 23.8 Å². The van der Waals surface area contributed by atoms with E-state index in [0.717, 1.165) is 24.5 Å². The van der Waals surface area contributed by atoms with Crippen LogP contribution in [0.1, 0.15) is 55.5 Å². The molecular weight excluding hydrogens is 355 g/mol. The molecule has 0 bridgehead atoms. The van der Waals surface area contributed by atoms with E-state index in [1.165, 1.54) is 12.1 Å². The van der Waals surface area contributed by atoms with Gasteiger partial charge < -0.3 is 10.8 Å². The summed E-state index contributed by atoms with van der Waals surface area (Å²) in [5.41, 5.74) is 7.56. The van der Waals surface area contributed by atoms with Crippen LogP contribution in [-0.4, -0.2) is 26.4 Å². The fourth-order valence-corrected chi connectivity index (χ4v) is 3.05. The number of nitrogens with two attached hydrogens (primary N) is 1. The van der Waals surface area contributed by atoms with E-state index >= 15 is 0 Å². The number of pyridine rings is 1. The molecule has 1 aromatic heterocycles. The molecule has 5 nitrogen and oxygen atoms in total. The predicted molar refractivity (Wildman–Crippen MR) is 106 cm³/mol. The van der Waals surface area contributed by atoms with Gasteiger partial charge in [0.15, 0.2) is 0 Å². The summed E-state index contributed by atoms with van der Waals surface area (Å²) in [6.45, 7) is 6.05. The third kappa shape index (κ3) is 5.44. The number of carbonyl (C=O) groups is 1. The minimum Gasteiger partial charge on any atom is -0.478 e. The molecule has 0 aliphatic rings. The number of nitrogen functional groups attached to an aromatic ring is 1. The molecule has 0 fully saturated rings. The van der Waals surface area contributed by atoms with E-state index in [1.54, 1.807) is 6.20 Å². The Morgan fingerprint density at radius 3 is 2.58 bits per heavy atom. The first-order valence-corrected chi connectivity index (χ1v) is 9.60. The number of nitrogens with zero attached hydrogens (tertiary/aromatic N) is 1. The van der Waals surface area contributed by atoms with Crippen LogP contribution in [-0.2, 0) is 12.0 Å². The number of hydrogen-bond acceptors (Lipinski definition) is 4. The standard InChI is InChI=1S/C17H19FN2O3S.C2H6/c1-2-10(5-6-24-23)12-7-14(16(19)20-9-12)11-3-4-13(17(21)22)15(18)8-11;1-2/h3-4,7-10,23H,2,5-6H2,1H3,(H2,19,20)(H,21,22);1-2H3/p+1. The van der Waals surface area contributed by atoms with Gasteiger partial charge in [-0.25, -0.2) is 14.2 Å². The van der Waals surface area contributed by atoms with Gasteiger partial charge >= 0.3 is 5.97 Å². The molecule has 1 aromatic carbocycles. The van der Waals surface area contributed by atoms with Crippen LogP contribution in [0, 0.1) is 5.82 Å². The molecule has 4 N–H and O–H groups in total. The van der Waals surface area contributed by atoms with Gasteiger partial charge in [-0.3, -0.25) is 0 Å². The first kappa shape index (κ1) is 21.9. The molecule has 1 unspecified atom stereocenters. The van der Waals surface area contributed by atoms with Crippen LogP contribution in [0.25, 0.3) is 11.1 Å². The Balaban J connectivity index is 0.00000163. The minimum atomic E-state index is -1.31. The van der Waals surface area contributed by atoms with Crippen molar-refractivity contribution in [3.8, 4) is 11.1 Å². The summed E-state index contributed by atoms with van der Waals surface area (Å²) in [4.78, 5) is 15.1. The molecular formula is C19H26FN2O3S+. The van der Waals surface area contributed by atoms with Crippen molar-refractivity contribution in [2.75, 3.05) is 11.5 Å². The Bertz CT molecular complexity index is 741. The van der Waals surface area contributed by atoms with Crippen LogP contribution in [0.4, 0.5) is 10.2 Å². The second kappa shape index (κ2) is 10.8. The van der Waals surface area contributed by atoms with E-state index in [9.17, 15) is 9.18 Å². The first-order chi connectivity index (χ1) is 12.5. The lowest BCUT2D eigenvalue weighted by Gasteiger charge is -2.15. The van der Waals surface area contributed by atoms with E-state index in [4.69, 9.17) is 15.4 Å². The van der Waals surface area contributed by atoms with Crippen molar-refractivity contribution in [2.24, 2.45) is 0 Å². The quantitative estimate of drug-likeness (QED) is 0.489. The lowest BCUT2D eigenvalue weighted by molar-refractivity contribution is 0.0692. The van der Waals surface area contributed by atoms with Crippen molar-refractivity contribution in [2.45, 2.75) is 39.5 Å². The Morgan fingerprint density at radius 1 is 1.35 bits per heavy atom. The molecule has 2 aromatic rings. The maximum atomic E-state index is 13.9. The van der Waals surface area contributed by atoms with Gasteiger partial charge in [-0.15, -0.1) is 0 Å². The van der Waals surface area contributed by atoms with Gasteiger partial charge in [0, 0.05) is 18.2 Å². The molecule has 0 spiro atoms. The van der Waals surface area contributed by atoms with Crippen molar-refractivity contribution < 1.29 is 18.8 Å². The van der Waals surface area contributed by atoms with Crippen LogP contribution in [0.2, 0.25) is 0 Å². The summed E-state index contributed by atoms with van der Waals surface area (Å²) in [6.07, 6.45) is 3.39. The van der Waals surface area contributed by atoms with Crippen LogP contribution in [0.3, 0.4) is 0 Å². The lowest BCUT2D eigenvalue weighted by atomic mass is 9.92. The van der Waals surface area contributed by atoms with Gasteiger partial charge in [-0.2, -0.15) is 4.55 Å². The second-order valence-corrected chi connectivity index (χ2v) is 6.19. The van der Waals surface area contributed by atoms with Crippen molar-refractivity contribution in [3.63, 3.8) is 0 Å². The van der Waals surface area contributed by atoms with Crippen LogP contribution in [0.5, 0.6) is 0 Å². The fraction of sp³-hybridized carbons (Fsp3) is 0.368. The topological polar surface area (TPSA) is 96.4 Å². The smallest absolute Gasteiger partial charge is 0.338 e. The molecule has 0 amide bonds. The monoisotopic (exact) mass is 381 g/mol. The highest BCUT2D eigenvalue weighted by atomic mass is 32.2. The van der Waals surface area contributed by atoms with Crippen LogP contribution in [0.15, 0.2) is 30.5 Å². The number of hydrogen-bond donors (Lipinski definition) is 3.